The van der Waals surface area contributed by atoms with E-state index in [1.165, 1.54) is 4.31 Å². The number of hydrogen-bond acceptors (Lipinski definition) is 6. The maximum Gasteiger partial charge on any atom is 0.248 e. The average Bonchev–Trinajstić information content (AvgIpc) is 2.83. The Bertz CT molecular complexity index is 718. The number of carbonyl (C=O) groups is 1. The highest BCUT2D eigenvalue weighted by Gasteiger charge is 2.39. The lowest BCUT2D eigenvalue weighted by atomic mass is 9.81. The fourth-order valence-electron chi connectivity index (χ4n) is 3.57. The van der Waals surface area contributed by atoms with E-state index in [0.717, 1.165) is 0 Å². The van der Waals surface area contributed by atoms with Crippen molar-refractivity contribution in [1.82, 2.24) is 14.4 Å². The van der Waals surface area contributed by atoms with Crippen molar-refractivity contribution in [3.63, 3.8) is 0 Å². The van der Waals surface area contributed by atoms with Crippen LogP contribution in [0.4, 0.5) is 0 Å². The zero-order valence-corrected chi connectivity index (χ0v) is 18.2. The van der Waals surface area contributed by atoms with Gasteiger partial charge in [-0.1, -0.05) is 19.0 Å². The van der Waals surface area contributed by atoms with Crippen LogP contribution in [0.2, 0.25) is 0 Å². The van der Waals surface area contributed by atoms with Crippen molar-refractivity contribution < 1.29 is 17.7 Å². The van der Waals surface area contributed by atoms with E-state index >= 15 is 0 Å². The van der Waals surface area contributed by atoms with Crippen LogP contribution < -0.4 is 5.73 Å². The van der Waals surface area contributed by atoms with Crippen LogP contribution in [0.15, 0.2) is 9.42 Å². The molecule has 156 valence electrons. The largest absolute Gasteiger partial charge is 0.360 e. The van der Waals surface area contributed by atoms with Gasteiger partial charge in [0.1, 0.15) is 10.6 Å². The lowest BCUT2D eigenvalue weighted by Crippen LogP contribution is -2.48. The van der Waals surface area contributed by atoms with Gasteiger partial charge in [0, 0.05) is 32.7 Å². The summed E-state index contributed by atoms with van der Waals surface area (Å²) < 4.78 is 32.4. The molecule has 0 aliphatic carbocycles. The highest BCUT2D eigenvalue weighted by molar-refractivity contribution is 7.89. The van der Waals surface area contributed by atoms with Gasteiger partial charge in [0.15, 0.2) is 5.76 Å². The molecular formula is C17H31ClN4O4S. The van der Waals surface area contributed by atoms with Gasteiger partial charge < -0.3 is 15.2 Å². The third-order valence-corrected chi connectivity index (χ3v) is 7.65. The zero-order valence-electron chi connectivity index (χ0n) is 16.5. The minimum atomic E-state index is -3.69. The van der Waals surface area contributed by atoms with E-state index in [2.05, 4.69) is 5.16 Å². The van der Waals surface area contributed by atoms with Gasteiger partial charge in [0.2, 0.25) is 15.9 Å². The predicted octanol–water partition coefficient (Wildman–Crippen LogP) is 1.70. The molecule has 2 heterocycles. The minimum absolute atomic E-state index is 0. The van der Waals surface area contributed by atoms with Gasteiger partial charge in [-0.3, -0.25) is 4.79 Å². The van der Waals surface area contributed by atoms with Crippen LogP contribution in [0.25, 0.3) is 0 Å². The second-order valence-corrected chi connectivity index (χ2v) is 8.77. The quantitative estimate of drug-likeness (QED) is 0.747. The number of rotatable bonds is 6. The van der Waals surface area contributed by atoms with Gasteiger partial charge >= 0.3 is 0 Å². The summed E-state index contributed by atoms with van der Waals surface area (Å²) >= 11 is 0. The summed E-state index contributed by atoms with van der Waals surface area (Å²) in [7, 11) is -3.69. The van der Waals surface area contributed by atoms with Crippen molar-refractivity contribution in [3.05, 3.63) is 11.5 Å². The molecule has 0 saturated carbocycles. The van der Waals surface area contributed by atoms with Crippen LogP contribution >= 0.6 is 12.4 Å². The molecule has 0 aromatic carbocycles. The summed E-state index contributed by atoms with van der Waals surface area (Å²) in [6, 6.07) is 0. The third-order valence-electron chi connectivity index (χ3n) is 5.51. The van der Waals surface area contributed by atoms with Gasteiger partial charge in [-0.25, -0.2) is 8.42 Å². The summed E-state index contributed by atoms with van der Waals surface area (Å²) in [5.74, 6) is 0.320. The topological polar surface area (TPSA) is 110 Å². The average molecular weight is 423 g/mol. The molecular weight excluding hydrogens is 392 g/mol. The zero-order chi connectivity index (χ0) is 19.5. The predicted molar refractivity (Wildman–Crippen MR) is 105 cm³/mol. The van der Waals surface area contributed by atoms with Crippen LogP contribution in [0.1, 0.15) is 44.6 Å². The number of nitrogens with zero attached hydrogens (tertiary/aromatic N) is 3. The number of amides is 1. The Morgan fingerprint density at radius 2 is 1.81 bits per heavy atom. The van der Waals surface area contributed by atoms with Crippen LogP contribution in [-0.2, 0) is 14.8 Å². The lowest BCUT2D eigenvalue weighted by molar-refractivity contribution is -0.142. The summed E-state index contributed by atoms with van der Waals surface area (Å²) in [6.45, 7) is 8.98. The maximum atomic E-state index is 13.0. The van der Waals surface area contributed by atoms with Crippen LogP contribution in [-0.4, -0.2) is 61.4 Å². The van der Waals surface area contributed by atoms with E-state index in [-0.39, 0.29) is 29.8 Å². The fraction of sp³-hybridized carbons (Fsp3) is 0.765. The smallest absolute Gasteiger partial charge is 0.248 e. The Morgan fingerprint density at radius 1 is 1.19 bits per heavy atom. The van der Waals surface area contributed by atoms with Crippen LogP contribution in [0, 0.1) is 19.3 Å². The Balaban J connectivity index is 0.00000364. The molecule has 0 radical (unpaired) electrons. The molecule has 0 unspecified atom stereocenters. The minimum Gasteiger partial charge on any atom is -0.360 e. The summed E-state index contributed by atoms with van der Waals surface area (Å²) in [4.78, 5) is 14.9. The van der Waals surface area contributed by atoms with Crippen molar-refractivity contribution in [2.24, 2.45) is 11.1 Å². The number of hydrogen-bond donors (Lipinski definition) is 1. The van der Waals surface area contributed by atoms with E-state index < -0.39 is 15.4 Å². The molecule has 1 aromatic heterocycles. The van der Waals surface area contributed by atoms with Crippen LogP contribution in [0.3, 0.4) is 0 Å². The van der Waals surface area contributed by atoms with Crippen molar-refractivity contribution >= 4 is 28.3 Å². The maximum absolute atomic E-state index is 13.0. The number of nitrogens with two attached hydrogens (primary N) is 1. The molecule has 1 amide bonds. The molecule has 1 aromatic rings. The summed E-state index contributed by atoms with van der Waals surface area (Å²) in [5, 5.41) is 3.75. The first-order valence-electron chi connectivity index (χ1n) is 9.16. The molecule has 2 rings (SSSR count). The standard InChI is InChI=1S/C17H30N4O4S.ClH/c1-5-17(6-2,12-18)16(22)20-8-7-9-21(11-10-20)26(23,24)15-13(3)19-25-14(15)4;/h5-12,18H2,1-4H3;1H. The molecule has 2 N–H and O–H groups in total. The number of halogens is 1. The second kappa shape index (κ2) is 9.36. The van der Waals surface area contributed by atoms with Crippen molar-refractivity contribution in [1.29, 1.82) is 0 Å². The Labute approximate surface area is 167 Å². The lowest BCUT2D eigenvalue weighted by Gasteiger charge is -2.34. The number of aryl methyl sites for hydroxylation is 2. The Hall–Kier alpha value is -1.16. The molecule has 0 atom stereocenters. The Morgan fingerprint density at radius 3 is 2.30 bits per heavy atom. The molecule has 0 spiro atoms. The van der Waals surface area contributed by atoms with Gasteiger partial charge in [-0.2, -0.15) is 4.31 Å². The molecule has 8 nitrogen and oxygen atoms in total. The monoisotopic (exact) mass is 422 g/mol. The molecule has 27 heavy (non-hydrogen) atoms. The van der Waals surface area contributed by atoms with Crippen molar-refractivity contribution in [3.8, 4) is 0 Å². The molecule has 1 saturated heterocycles. The molecule has 1 fully saturated rings. The van der Waals surface area contributed by atoms with E-state index in [1.807, 2.05) is 13.8 Å². The first-order valence-corrected chi connectivity index (χ1v) is 10.6. The van der Waals surface area contributed by atoms with Crippen molar-refractivity contribution in [2.45, 2.75) is 51.9 Å². The fourth-order valence-corrected chi connectivity index (χ4v) is 5.33. The van der Waals surface area contributed by atoms with E-state index in [9.17, 15) is 13.2 Å². The highest BCUT2D eigenvalue weighted by Crippen LogP contribution is 2.29. The summed E-state index contributed by atoms with van der Waals surface area (Å²) in [6.07, 6.45) is 1.94. The normalized spacial score (nSPS) is 16.7. The van der Waals surface area contributed by atoms with Gasteiger partial charge in [-0.15, -0.1) is 12.4 Å². The number of sulfonamides is 1. The van der Waals surface area contributed by atoms with Gasteiger partial charge in [-0.05, 0) is 33.1 Å². The number of aromatic nitrogens is 1. The second-order valence-electron chi connectivity index (χ2n) is 6.89. The molecule has 10 heteroatoms. The van der Waals surface area contributed by atoms with E-state index in [4.69, 9.17) is 10.3 Å². The van der Waals surface area contributed by atoms with Crippen molar-refractivity contribution in [2.75, 3.05) is 32.7 Å². The first kappa shape index (κ1) is 23.9. The molecule has 1 aliphatic rings. The first-order chi connectivity index (χ1) is 12.2. The van der Waals surface area contributed by atoms with Crippen LogP contribution in [0.5, 0.6) is 0 Å². The third kappa shape index (κ3) is 4.47. The highest BCUT2D eigenvalue weighted by atomic mass is 35.5. The molecule has 0 bridgehead atoms. The van der Waals surface area contributed by atoms with Gasteiger partial charge in [0.25, 0.3) is 0 Å². The van der Waals surface area contributed by atoms with E-state index in [0.29, 0.717) is 56.9 Å². The van der Waals surface area contributed by atoms with Gasteiger partial charge in [0.05, 0.1) is 5.41 Å². The SMILES string of the molecule is CCC(CC)(CN)C(=O)N1CCCN(S(=O)(=O)c2c(C)noc2C)CC1.Cl. The van der Waals surface area contributed by atoms with E-state index in [1.54, 1.807) is 18.7 Å². The summed E-state index contributed by atoms with van der Waals surface area (Å²) in [5.41, 5.74) is 5.70. The number of carbonyl (C=O) groups excluding carboxylic acids is 1. The Kier molecular flexibility index (Phi) is 8.28. The molecule has 1 aliphatic heterocycles.